The van der Waals surface area contributed by atoms with Gasteiger partial charge in [0.1, 0.15) is 16.4 Å². The van der Waals surface area contributed by atoms with Crippen LogP contribution in [0.1, 0.15) is 5.56 Å². The van der Waals surface area contributed by atoms with Gasteiger partial charge in [-0.2, -0.15) is 17.2 Å². The molecule has 7 heteroatoms. The van der Waals surface area contributed by atoms with Crippen LogP contribution >= 0.6 is 0 Å². The molecule has 0 amide bonds. The van der Waals surface area contributed by atoms with E-state index in [9.17, 15) is 17.2 Å². The van der Waals surface area contributed by atoms with E-state index in [0.29, 0.717) is 0 Å². The van der Waals surface area contributed by atoms with Gasteiger partial charge < -0.3 is 8.92 Å². The summed E-state index contributed by atoms with van der Waals surface area (Å²) in [5, 5.41) is 0. The second-order valence-corrected chi connectivity index (χ2v) is 5.75. The van der Waals surface area contributed by atoms with E-state index in [1.807, 2.05) is 6.92 Å². The SMILES string of the molecule is Cc1ccc(S(=O)(=O)Oc2cccc(OC(F)F)c2)cc1. The number of benzene rings is 2. The van der Waals surface area contributed by atoms with Crippen LogP contribution in [0.5, 0.6) is 11.5 Å². The lowest BCUT2D eigenvalue weighted by atomic mass is 10.2. The summed E-state index contributed by atoms with van der Waals surface area (Å²) in [5.41, 5.74) is 0.904. The fraction of sp³-hybridized carbons (Fsp3) is 0.143. The van der Waals surface area contributed by atoms with E-state index in [-0.39, 0.29) is 16.4 Å². The molecule has 2 aromatic rings. The maximum absolute atomic E-state index is 12.1. The van der Waals surface area contributed by atoms with Gasteiger partial charge in [-0.05, 0) is 31.2 Å². The Hall–Kier alpha value is -2.15. The Kier molecular flexibility index (Phi) is 4.42. The van der Waals surface area contributed by atoms with Crippen LogP contribution in [0.4, 0.5) is 8.78 Å². The van der Waals surface area contributed by atoms with E-state index in [0.717, 1.165) is 11.6 Å². The van der Waals surface area contributed by atoms with Crippen molar-refractivity contribution in [2.24, 2.45) is 0 Å². The fourth-order valence-electron chi connectivity index (χ4n) is 1.58. The molecule has 0 fully saturated rings. The van der Waals surface area contributed by atoms with Gasteiger partial charge in [0.2, 0.25) is 0 Å². The lowest BCUT2D eigenvalue weighted by Gasteiger charge is -2.09. The standard InChI is InChI=1S/C14H12F2O4S/c1-10-5-7-13(8-6-10)21(17,18)20-12-4-2-3-11(9-12)19-14(15)16/h2-9,14H,1H3. The van der Waals surface area contributed by atoms with Crippen LogP contribution < -0.4 is 8.92 Å². The molecule has 0 aromatic heterocycles. The van der Waals surface area contributed by atoms with Gasteiger partial charge in [0, 0.05) is 6.07 Å². The quantitative estimate of drug-likeness (QED) is 0.794. The van der Waals surface area contributed by atoms with Gasteiger partial charge in [0.25, 0.3) is 0 Å². The summed E-state index contributed by atoms with van der Waals surface area (Å²) in [7, 11) is -4.02. The lowest BCUT2D eigenvalue weighted by Crippen LogP contribution is -2.10. The highest BCUT2D eigenvalue weighted by Crippen LogP contribution is 2.24. The predicted molar refractivity (Wildman–Crippen MR) is 72.1 cm³/mol. The first kappa shape index (κ1) is 15.2. The molecule has 0 heterocycles. The molecule has 0 radical (unpaired) electrons. The predicted octanol–water partition coefficient (Wildman–Crippen LogP) is 3.36. The third-order valence-electron chi connectivity index (χ3n) is 2.55. The molecule has 2 rings (SSSR count). The summed E-state index contributed by atoms with van der Waals surface area (Å²) in [4.78, 5) is -0.0201. The summed E-state index contributed by atoms with van der Waals surface area (Å²) in [6, 6.07) is 11.1. The molecule has 112 valence electrons. The number of hydrogen-bond acceptors (Lipinski definition) is 4. The van der Waals surface area contributed by atoms with Crippen LogP contribution in [-0.4, -0.2) is 15.0 Å². The lowest BCUT2D eigenvalue weighted by molar-refractivity contribution is -0.0498. The van der Waals surface area contributed by atoms with E-state index in [1.54, 1.807) is 12.1 Å². The molecule has 0 bridgehead atoms. The average molecular weight is 314 g/mol. The van der Waals surface area contributed by atoms with Crippen LogP contribution in [-0.2, 0) is 10.1 Å². The Morgan fingerprint density at radius 1 is 1.00 bits per heavy atom. The number of ether oxygens (including phenoxy) is 1. The molecule has 0 atom stereocenters. The first-order valence-corrected chi connectivity index (χ1v) is 7.34. The van der Waals surface area contributed by atoms with Crippen molar-refractivity contribution in [3.8, 4) is 11.5 Å². The van der Waals surface area contributed by atoms with Crippen LogP contribution in [0.15, 0.2) is 53.4 Å². The first-order valence-electron chi connectivity index (χ1n) is 5.93. The third-order valence-corrected chi connectivity index (χ3v) is 3.81. The van der Waals surface area contributed by atoms with Crippen LogP contribution in [0, 0.1) is 6.92 Å². The van der Waals surface area contributed by atoms with Crippen molar-refractivity contribution in [2.75, 3.05) is 0 Å². The zero-order valence-electron chi connectivity index (χ0n) is 11.0. The Labute approximate surface area is 121 Å². The minimum absolute atomic E-state index is 0.0201. The van der Waals surface area contributed by atoms with Crippen molar-refractivity contribution in [1.29, 1.82) is 0 Å². The molecule has 0 aliphatic carbocycles. The van der Waals surface area contributed by atoms with Crippen molar-refractivity contribution in [3.05, 3.63) is 54.1 Å². The van der Waals surface area contributed by atoms with Crippen molar-refractivity contribution in [1.82, 2.24) is 0 Å². The first-order chi connectivity index (χ1) is 9.87. The van der Waals surface area contributed by atoms with Crippen molar-refractivity contribution in [2.45, 2.75) is 18.4 Å². The maximum Gasteiger partial charge on any atom is 0.387 e. The third kappa shape index (κ3) is 4.16. The van der Waals surface area contributed by atoms with Gasteiger partial charge in [-0.3, -0.25) is 0 Å². The van der Waals surface area contributed by atoms with Crippen LogP contribution in [0.3, 0.4) is 0 Å². The van der Waals surface area contributed by atoms with E-state index in [2.05, 4.69) is 4.74 Å². The summed E-state index contributed by atoms with van der Waals surface area (Å²) < 4.78 is 57.4. The van der Waals surface area contributed by atoms with Gasteiger partial charge >= 0.3 is 16.7 Å². The monoisotopic (exact) mass is 314 g/mol. The molecule has 0 aliphatic rings. The highest BCUT2D eigenvalue weighted by molar-refractivity contribution is 7.87. The minimum Gasteiger partial charge on any atom is -0.435 e. The molecule has 0 unspecified atom stereocenters. The Morgan fingerprint density at radius 3 is 2.24 bits per heavy atom. The zero-order valence-corrected chi connectivity index (χ0v) is 11.8. The Bertz CT molecular complexity index is 712. The Morgan fingerprint density at radius 2 is 1.62 bits per heavy atom. The van der Waals surface area contributed by atoms with Gasteiger partial charge in [-0.15, -0.1) is 0 Å². The van der Waals surface area contributed by atoms with E-state index >= 15 is 0 Å². The number of alkyl halides is 2. The molecule has 4 nitrogen and oxygen atoms in total. The second kappa shape index (κ2) is 6.09. The summed E-state index contributed by atoms with van der Waals surface area (Å²) in [5.74, 6) is -0.282. The van der Waals surface area contributed by atoms with Gasteiger partial charge in [0.15, 0.2) is 0 Å². The molecular weight excluding hydrogens is 302 g/mol. The second-order valence-electron chi connectivity index (χ2n) is 4.20. The fourth-order valence-corrected chi connectivity index (χ4v) is 2.50. The summed E-state index contributed by atoms with van der Waals surface area (Å²) >= 11 is 0. The van der Waals surface area contributed by atoms with Gasteiger partial charge in [-0.25, -0.2) is 0 Å². The molecule has 21 heavy (non-hydrogen) atoms. The van der Waals surface area contributed by atoms with Crippen LogP contribution in [0.25, 0.3) is 0 Å². The number of hydrogen-bond donors (Lipinski definition) is 0. The summed E-state index contributed by atoms with van der Waals surface area (Å²) in [6.07, 6.45) is 0. The van der Waals surface area contributed by atoms with Gasteiger partial charge in [-0.1, -0.05) is 23.8 Å². The largest absolute Gasteiger partial charge is 0.435 e. The van der Waals surface area contributed by atoms with Crippen molar-refractivity contribution < 1.29 is 26.1 Å². The van der Waals surface area contributed by atoms with E-state index in [4.69, 9.17) is 4.18 Å². The zero-order chi connectivity index (χ0) is 15.5. The molecule has 0 N–H and O–H groups in total. The smallest absolute Gasteiger partial charge is 0.387 e. The van der Waals surface area contributed by atoms with Crippen molar-refractivity contribution in [3.63, 3.8) is 0 Å². The molecule has 0 spiro atoms. The number of halogens is 2. The molecular formula is C14H12F2O4S. The van der Waals surface area contributed by atoms with Crippen molar-refractivity contribution >= 4 is 10.1 Å². The summed E-state index contributed by atoms with van der Waals surface area (Å²) in [6.45, 7) is -1.17. The minimum atomic E-state index is -4.02. The highest BCUT2D eigenvalue weighted by atomic mass is 32.2. The Balaban J connectivity index is 2.22. The van der Waals surface area contributed by atoms with E-state index < -0.39 is 16.7 Å². The van der Waals surface area contributed by atoms with Crippen LogP contribution in [0.2, 0.25) is 0 Å². The van der Waals surface area contributed by atoms with E-state index in [1.165, 1.54) is 30.3 Å². The number of rotatable bonds is 5. The molecule has 0 saturated heterocycles. The molecule has 0 saturated carbocycles. The normalized spacial score (nSPS) is 11.4. The highest BCUT2D eigenvalue weighted by Gasteiger charge is 2.17. The molecule has 2 aromatic carbocycles. The van der Waals surface area contributed by atoms with Gasteiger partial charge in [0.05, 0.1) is 0 Å². The topological polar surface area (TPSA) is 52.6 Å². The maximum atomic E-state index is 12.1. The average Bonchev–Trinajstić information content (AvgIpc) is 2.38. The number of aryl methyl sites for hydroxylation is 1. The molecule has 0 aliphatic heterocycles.